The zero-order valence-corrected chi connectivity index (χ0v) is 14.1. The van der Waals surface area contributed by atoms with Crippen LogP contribution in [0.2, 0.25) is 0 Å². The minimum atomic E-state index is -0.145. The van der Waals surface area contributed by atoms with E-state index in [-0.39, 0.29) is 12.3 Å². The van der Waals surface area contributed by atoms with E-state index in [2.05, 4.69) is 29.0 Å². The molecular weight excluding hydrogens is 300 g/mol. The van der Waals surface area contributed by atoms with Gasteiger partial charge in [0.15, 0.2) is 6.29 Å². The Morgan fingerprint density at radius 2 is 2.18 bits per heavy atom. The van der Waals surface area contributed by atoms with Crippen molar-refractivity contribution in [3.8, 4) is 0 Å². The summed E-state index contributed by atoms with van der Waals surface area (Å²) in [5.74, 6) is 2.04. The largest absolute Gasteiger partial charge is 0.469 e. The van der Waals surface area contributed by atoms with Gasteiger partial charge in [-0.3, -0.25) is 4.79 Å². The number of methoxy groups -OCH3 is 2. The minimum absolute atomic E-state index is 0.0983. The zero-order valence-electron chi connectivity index (χ0n) is 13.2. The van der Waals surface area contributed by atoms with Gasteiger partial charge >= 0.3 is 5.97 Å². The molecule has 0 aliphatic carbocycles. The molecule has 1 heterocycles. The molecule has 2 unspecified atom stereocenters. The Hall–Kier alpha value is -1.04. The lowest BCUT2D eigenvalue weighted by Crippen LogP contribution is -2.26. The van der Waals surface area contributed by atoms with Crippen LogP contribution in [0.3, 0.4) is 0 Å². The lowest BCUT2D eigenvalue weighted by atomic mass is 9.88. The van der Waals surface area contributed by atoms with Crippen LogP contribution in [0.1, 0.15) is 36.3 Å². The molecular formula is C17H24O4S. The van der Waals surface area contributed by atoms with Crippen molar-refractivity contribution >= 4 is 17.7 Å². The first-order valence-electron chi connectivity index (χ1n) is 7.61. The second-order valence-corrected chi connectivity index (χ2v) is 6.44. The molecule has 0 N–H and O–H groups in total. The second-order valence-electron chi connectivity index (χ2n) is 5.33. The fraction of sp³-hybridized carbons (Fsp3) is 0.588. The molecule has 0 amide bonds. The molecule has 22 heavy (non-hydrogen) atoms. The number of rotatable bonds is 7. The van der Waals surface area contributed by atoms with Crippen molar-refractivity contribution in [2.24, 2.45) is 0 Å². The molecule has 2 rings (SSSR count). The van der Waals surface area contributed by atoms with Crippen LogP contribution in [0.4, 0.5) is 0 Å². The zero-order chi connectivity index (χ0) is 15.8. The van der Waals surface area contributed by atoms with Gasteiger partial charge in [-0.25, -0.2) is 0 Å². The number of benzene rings is 1. The highest BCUT2D eigenvalue weighted by molar-refractivity contribution is 7.98. The molecule has 1 saturated heterocycles. The van der Waals surface area contributed by atoms with E-state index in [1.807, 2.05) is 0 Å². The summed E-state index contributed by atoms with van der Waals surface area (Å²) in [7, 11) is 3.13. The number of carbonyl (C=O) groups excluding carboxylic acids is 1. The molecule has 4 nitrogen and oxygen atoms in total. The predicted molar refractivity (Wildman–Crippen MR) is 88.0 cm³/mol. The maximum absolute atomic E-state index is 11.1. The van der Waals surface area contributed by atoms with Crippen LogP contribution in [-0.4, -0.2) is 38.8 Å². The molecule has 2 atom stereocenters. The first-order valence-corrected chi connectivity index (χ1v) is 8.76. The van der Waals surface area contributed by atoms with Gasteiger partial charge < -0.3 is 14.2 Å². The number of hydrogen-bond donors (Lipinski definition) is 0. The molecule has 0 saturated carbocycles. The molecule has 0 spiro atoms. The summed E-state index contributed by atoms with van der Waals surface area (Å²) in [6.45, 7) is 0.743. The Labute approximate surface area is 136 Å². The Kier molecular flexibility index (Phi) is 7.22. The van der Waals surface area contributed by atoms with Crippen molar-refractivity contribution in [3.63, 3.8) is 0 Å². The van der Waals surface area contributed by atoms with Gasteiger partial charge in [-0.15, -0.1) is 0 Å². The molecule has 1 fully saturated rings. The third-order valence-corrected chi connectivity index (χ3v) is 4.95. The van der Waals surface area contributed by atoms with Crippen molar-refractivity contribution in [1.29, 1.82) is 0 Å². The van der Waals surface area contributed by atoms with E-state index >= 15 is 0 Å². The molecule has 1 aromatic carbocycles. The SMILES string of the molecule is COC(=O)CCSCc1ccccc1C1CCOC(OC)C1. The van der Waals surface area contributed by atoms with Gasteiger partial charge in [0.25, 0.3) is 0 Å². The van der Waals surface area contributed by atoms with E-state index in [0.717, 1.165) is 31.0 Å². The summed E-state index contributed by atoms with van der Waals surface area (Å²) in [4.78, 5) is 11.1. The highest BCUT2D eigenvalue weighted by Crippen LogP contribution is 2.33. The first-order chi connectivity index (χ1) is 10.7. The first kappa shape index (κ1) is 17.3. The van der Waals surface area contributed by atoms with Crippen LogP contribution in [0.25, 0.3) is 0 Å². The quantitative estimate of drug-likeness (QED) is 0.568. The lowest BCUT2D eigenvalue weighted by molar-refractivity contribution is -0.150. The van der Waals surface area contributed by atoms with E-state index in [1.54, 1.807) is 18.9 Å². The average molecular weight is 324 g/mol. The fourth-order valence-electron chi connectivity index (χ4n) is 2.71. The van der Waals surface area contributed by atoms with Gasteiger partial charge in [0.1, 0.15) is 0 Å². The molecule has 122 valence electrons. The van der Waals surface area contributed by atoms with Crippen molar-refractivity contribution in [2.75, 3.05) is 26.6 Å². The average Bonchev–Trinajstić information content (AvgIpc) is 2.58. The number of hydrogen-bond acceptors (Lipinski definition) is 5. The number of ether oxygens (including phenoxy) is 3. The molecule has 5 heteroatoms. The Morgan fingerprint density at radius 3 is 2.95 bits per heavy atom. The van der Waals surface area contributed by atoms with Crippen LogP contribution >= 0.6 is 11.8 Å². The van der Waals surface area contributed by atoms with Gasteiger partial charge in [0.05, 0.1) is 20.1 Å². The molecule has 0 aromatic heterocycles. The van der Waals surface area contributed by atoms with E-state index in [4.69, 9.17) is 9.47 Å². The normalized spacial score (nSPS) is 21.5. The van der Waals surface area contributed by atoms with Gasteiger partial charge in [0.2, 0.25) is 0 Å². The van der Waals surface area contributed by atoms with Gasteiger partial charge in [-0.05, 0) is 23.5 Å². The summed E-state index contributed by atoms with van der Waals surface area (Å²) in [6.07, 6.45) is 2.30. The number of carbonyl (C=O) groups is 1. The van der Waals surface area contributed by atoms with Crippen LogP contribution in [0, 0.1) is 0 Å². The maximum atomic E-state index is 11.1. The van der Waals surface area contributed by atoms with E-state index in [0.29, 0.717) is 12.3 Å². The molecule has 1 aliphatic rings. The van der Waals surface area contributed by atoms with Crippen molar-refractivity contribution in [2.45, 2.75) is 37.2 Å². The fourth-order valence-corrected chi connectivity index (χ4v) is 3.65. The Balaban J connectivity index is 1.93. The summed E-state index contributed by atoms with van der Waals surface area (Å²) in [6, 6.07) is 8.55. The second kappa shape index (κ2) is 9.18. The topological polar surface area (TPSA) is 44.8 Å². The number of esters is 1. The molecule has 1 aliphatic heterocycles. The third kappa shape index (κ3) is 5.00. The maximum Gasteiger partial charge on any atom is 0.306 e. The third-order valence-electron chi connectivity index (χ3n) is 3.94. The van der Waals surface area contributed by atoms with Gasteiger partial charge in [0, 0.05) is 25.0 Å². The summed E-state index contributed by atoms with van der Waals surface area (Å²) < 4.78 is 15.6. The smallest absolute Gasteiger partial charge is 0.306 e. The Morgan fingerprint density at radius 1 is 1.36 bits per heavy atom. The highest BCUT2D eigenvalue weighted by atomic mass is 32.2. The van der Waals surface area contributed by atoms with Gasteiger partial charge in [-0.2, -0.15) is 11.8 Å². The van der Waals surface area contributed by atoms with Crippen LogP contribution in [-0.2, 0) is 24.8 Å². The highest BCUT2D eigenvalue weighted by Gasteiger charge is 2.25. The predicted octanol–water partition coefficient (Wildman–Crippen LogP) is 3.35. The van der Waals surface area contributed by atoms with E-state index < -0.39 is 0 Å². The van der Waals surface area contributed by atoms with Gasteiger partial charge in [-0.1, -0.05) is 24.3 Å². The van der Waals surface area contributed by atoms with E-state index in [1.165, 1.54) is 18.2 Å². The number of thioether (sulfide) groups is 1. The minimum Gasteiger partial charge on any atom is -0.469 e. The van der Waals surface area contributed by atoms with Crippen LogP contribution in [0.15, 0.2) is 24.3 Å². The molecule has 0 radical (unpaired) electrons. The van der Waals surface area contributed by atoms with Crippen molar-refractivity contribution in [1.82, 2.24) is 0 Å². The van der Waals surface area contributed by atoms with Crippen molar-refractivity contribution < 1.29 is 19.0 Å². The van der Waals surface area contributed by atoms with Crippen LogP contribution in [0.5, 0.6) is 0 Å². The summed E-state index contributed by atoms with van der Waals surface area (Å²) in [5, 5.41) is 0. The van der Waals surface area contributed by atoms with Crippen LogP contribution < -0.4 is 0 Å². The summed E-state index contributed by atoms with van der Waals surface area (Å²) >= 11 is 1.77. The Bertz CT molecular complexity index is 477. The molecule has 1 aromatic rings. The lowest BCUT2D eigenvalue weighted by Gasteiger charge is -2.30. The monoisotopic (exact) mass is 324 g/mol. The van der Waals surface area contributed by atoms with Crippen molar-refractivity contribution in [3.05, 3.63) is 35.4 Å². The molecule has 0 bridgehead atoms. The summed E-state index contributed by atoms with van der Waals surface area (Å²) in [5.41, 5.74) is 2.73. The van der Waals surface area contributed by atoms with E-state index in [9.17, 15) is 4.79 Å². The standard InChI is InChI=1S/C17H24O4S/c1-19-16(18)8-10-22-12-14-5-3-4-6-15(14)13-7-9-21-17(11-13)20-2/h3-6,13,17H,7-12H2,1-2H3.